The predicted molar refractivity (Wildman–Crippen MR) is 151 cm³/mol. The number of hydrogen-bond acceptors (Lipinski definition) is 9. The minimum Gasteiger partial charge on any atom is -0.356 e. The fourth-order valence-electron chi connectivity index (χ4n) is 5.20. The quantitative estimate of drug-likeness (QED) is 0.276. The van der Waals surface area contributed by atoms with Gasteiger partial charge in [0.15, 0.2) is 11.6 Å². The lowest BCUT2D eigenvalue weighted by Crippen LogP contribution is -2.40. The molecule has 0 radical (unpaired) electrons. The monoisotopic (exact) mass is 557 g/mol. The zero-order chi connectivity index (χ0) is 27.2. The third-order valence-electron chi connectivity index (χ3n) is 7.57. The SMILES string of the molecule is CS(=O)(=O)CCNC1CCC(NC=O)CC1.c1cc2c(Nc3cc(C4CC4)[nH]n3)nc(N3CCCC3)nn2c1. The molecule has 1 amide bonds. The van der Waals surface area contributed by atoms with Crippen molar-refractivity contribution in [2.24, 2.45) is 0 Å². The van der Waals surface area contributed by atoms with Gasteiger partial charge in [-0.05, 0) is 63.5 Å². The second-order valence-electron chi connectivity index (χ2n) is 10.8. The molecule has 0 aromatic carbocycles. The van der Waals surface area contributed by atoms with Crippen molar-refractivity contribution >= 4 is 39.3 Å². The fourth-order valence-corrected chi connectivity index (χ4v) is 5.69. The topological polar surface area (TPSA) is 149 Å². The predicted octanol–water partition coefficient (Wildman–Crippen LogP) is 2.35. The van der Waals surface area contributed by atoms with Gasteiger partial charge in [0.2, 0.25) is 12.4 Å². The molecule has 1 aliphatic heterocycles. The highest BCUT2D eigenvalue weighted by atomic mass is 32.2. The molecule has 0 bridgehead atoms. The number of aromatic nitrogens is 5. The summed E-state index contributed by atoms with van der Waals surface area (Å²) < 4.78 is 23.7. The number of carbonyl (C=O) groups is 1. The summed E-state index contributed by atoms with van der Waals surface area (Å²) in [7, 11) is -2.87. The molecule has 212 valence electrons. The Hall–Kier alpha value is -3.19. The van der Waals surface area contributed by atoms with Crippen LogP contribution in [0.15, 0.2) is 24.4 Å². The van der Waals surface area contributed by atoms with Gasteiger partial charge in [-0.25, -0.2) is 12.9 Å². The van der Waals surface area contributed by atoms with E-state index in [0.717, 1.165) is 68.3 Å². The van der Waals surface area contributed by atoms with Crippen LogP contribution in [0.2, 0.25) is 0 Å². The molecular formula is C26H39N9O3S. The van der Waals surface area contributed by atoms with Gasteiger partial charge in [-0.3, -0.25) is 9.89 Å². The molecule has 0 atom stereocenters. The molecule has 2 aliphatic carbocycles. The molecule has 12 nitrogen and oxygen atoms in total. The molecular weight excluding hydrogens is 518 g/mol. The highest BCUT2D eigenvalue weighted by Gasteiger charge is 2.26. The van der Waals surface area contributed by atoms with Crippen LogP contribution in [0.25, 0.3) is 5.52 Å². The third-order valence-corrected chi connectivity index (χ3v) is 8.51. The Labute approximate surface area is 229 Å². The number of aromatic amines is 1. The molecule has 0 unspecified atom stereocenters. The van der Waals surface area contributed by atoms with Crippen LogP contribution in [0.3, 0.4) is 0 Å². The van der Waals surface area contributed by atoms with E-state index < -0.39 is 9.84 Å². The molecule has 3 fully saturated rings. The summed E-state index contributed by atoms with van der Waals surface area (Å²) in [4.78, 5) is 17.2. The van der Waals surface area contributed by atoms with Crippen LogP contribution in [0.1, 0.15) is 63.0 Å². The Morgan fingerprint density at radius 3 is 2.54 bits per heavy atom. The molecule has 4 heterocycles. The molecule has 2 saturated carbocycles. The third kappa shape index (κ3) is 7.69. The van der Waals surface area contributed by atoms with Gasteiger partial charge in [-0.15, -0.1) is 5.10 Å². The van der Waals surface area contributed by atoms with Crippen molar-refractivity contribution < 1.29 is 13.2 Å². The van der Waals surface area contributed by atoms with Gasteiger partial charge in [-0.1, -0.05) is 0 Å². The Morgan fingerprint density at radius 1 is 1.10 bits per heavy atom. The van der Waals surface area contributed by atoms with Crippen LogP contribution in [0.4, 0.5) is 17.6 Å². The molecule has 3 aromatic heterocycles. The summed E-state index contributed by atoms with van der Waals surface area (Å²) in [6.45, 7) is 2.58. The maximum absolute atomic E-state index is 10.9. The lowest BCUT2D eigenvalue weighted by Gasteiger charge is -2.28. The molecule has 4 N–H and O–H groups in total. The smallest absolute Gasteiger partial charge is 0.245 e. The zero-order valence-corrected chi connectivity index (χ0v) is 23.3. The highest BCUT2D eigenvalue weighted by Crippen LogP contribution is 2.39. The van der Waals surface area contributed by atoms with Crippen molar-refractivity contribution in [2.75, 3.05) is 41.9 Å². The number of nitrogens with zero attached hydrogens (tertiary/aromatic N) is 5. The second-order valence-corrected chi connectivity index (χ2v) is 13.1. The zero-order valence-electron chi connectivity index (χ0n) is 22.5. The summed E-state index contributed by atoms with van der Waals surface area (Å²) >= 11 is 0. The molecule has 39 heavy (non-hydrogen) atoms. The standard InChI is InChI=1S/C16H19N7.C10H20N2O3S/c1-2-8-22(7-1)16-18-15(13-4-3-9-23(13)21-16)17-14-10-12(19-20-14)11-5-6-11;1-16(14,15)7-6-11-9-2-4-10(5-3-9)12-8-13/h3-4,9-11H,1-2,5-8H2,(H2,17,18,19,20,21);8-11H,2-7H2,1H3,(H,12,13). The first-order chi connectivity index (χ1) is 18.9. The average Bonchev–Trinajstić information content (AvgIpc) is 3.29. The Balaban J connectivity index is 0.000000171. The number of carbonyl (C=O) groups excluding carboxylic acids is 1. The van der Waals surface area contributed by atoms with E-state index in [0.29, 0.717) is 24.5 Å². The van der Waals surface area contributed by atoms with Crippen molar-refractivity contribution in [2.45, 2.75) is 69.4 Å². The molecule has 1 saturated heterocycles. The first-order valence-corrected chi connectivity index (χ1v) is 16.0. The number of H-pyrrole nitrogens is 1. The highest BCUT2D eigenvalue weighted by molar-refractivity contribution is 7.90. The average molecular weight is 558 g/mol. The maximum Gasteiger partial charge on any atom is 0.245 e. The van der Waals surface area contributed by atoms with Crippen LogP contribution in [0, 0.1) is 0 Å². The first kappa shape index (κ1) is 27.4. The van der Waals surface area contributed by atoms with Crippen LogP contribution in [-0.4, -0.2) is 83.3 Å². The summed E-state index contributed by atoms with van der Waals surface area (Å²) in [5.41, 5.74) is 2.18. The largest absolute Gasteiger partial charge is 0.356 e. The minimum atomic E-state index is -2.87. The first-order valence-electron chi connectivity index (χ1n) is 13.9. The van der Waals surface area contributed by atoms with Crippen molar-refractivity contribution in [1.29, 1.82) is 0 Å². The second kappa shape index (κ2) is 12.3. The van der Waals surface area contributed by atoms with Crippen molar-refractivity contribution in [1.82, 2.24) is 35.4 Å². The van der Waals surface area contributed by atoms with Crippen molar-refractivity contribution in [3.63, 3.8) is 0 Å². The van der Waals surface area contributed by atoms with Crippen LogP contribution < -0.4 is 20.9 Å². The summed E-state index contributed by atoms with van der Waals surface area (Å²) in [5.74, 6) is 3.27. The van der Waals surface area contributed by atoms with Crippen LogP contribution in [0.5, 0.6) is 0 Å². The summed E-state index contributed by atoms with van der Waals surface area (Å²) in [6, 6.07) is 6.79. The maximum atomic E-state index is 10.9. The summed E-state index contributed by atoms with van der Waals surface area (Å²) in [5, 5.41) is 21.5. The van der Waals surface area contributed by atoms with E-state index in [2.05, 4.69) is 42.2 Å². The lowest BCUT2D eigenvalue weighted by atomic mass is 9.91. The Bertz CT molecular complexity index is 1340. The number of amides is 1. The Morgan fingerprint density at radius 2 is 1.85 bits per heavy atom. The molecule has 3 aliphatic rings. The van der Waals surface area contributed by atoms with E-state index in [9.17, 15) is 13.2 Å². The van der Waals surface area contributed by atoms with Crippen molar-refractivity contribution in [3.05, 3.63) is 30.1 Å². The van der Waals surface area contributed by atoms with Gasteiger partial charge in [0.1, 0.15) is 15.4 Å². The van der Waals surface area contributed by atoms with Crippen LogP contribution >= 0.6 is 0 Å². The van der Waals surface area contributed by atoms with Gasteiger partial charge < -0.3 is 20.9 Å². The van der Waals surface area contributed by atoms with E-state index in [4.69, 9.17) is 4.98 Å². The lowest BCUT2D eigenvalue weighted by molar-refractivity contribution is -0.110. The minimum absolute atomic E-state index is 0.194. The van der Waals surface area contributed by atoms with E-state index in [1.807, 2.05) is 22.8 Å². The number of hydrogen-bond donors (Lipinski definition) is 4. The van der Waals surface area contributed by atoms with E-state index >= 15 is 0 Å². The van der Waals surface area contributed by atoms with Crippen molar-refractivity contribution in [3.8, 4) is 0 Å². The number of anilines is 3. The number of nitrogens with one attached hydrogen (secondary N) is 4. The number of fused-ring (bicyclic) bond motifs is 1. The number of rotatable bonds is 10. The van der Waals surface area contributed by atoms with E-state index in [-0.39, 0.29) is 5.75 Å². The summed E-state index contributed by atoms with van der Waals surface area (Å²) in [6.07, 6.45) is 12.8. The van der Waals surface area contributed by atoms with E-state index in [1.54, 1.807) is 0 Å². The van der Waals surface area contributed by atoms with Gasteiger partial charge in [0, 0.05) is 61.8 Å². The Kier molecular flexibility index (Phi) is 8.66. The van der Waals surface area contributed by atoms with Gasteiger partial charge in [-0.2, -0.15) is 10.1 Å². The molecule has 13 heteroatoms. The van der Waals surface area contributed by atoms with Gasteiger partial charge in [0.25, 0.3) is 0 Å². The molecule has 3 aromatic rings. The normalized spacial score (nSPS) is 21.4. The van der Waals surface area contributed by atoms with Gasteiger partial charge in [0.05, 0.1) is 5.75 Å². The van der Waals surface area contributed by atoms with Crippen LogP contribution in [-0.2, 0) is 14.6 Å². The molecule has 0 spiro atoms. The van der Waals surface area contributed by atoms with Gasteiger partial charge >= 0.3 is 0 Å². The fraction of sp³-hybridized carbons (Fsp3) is 0.615. The van der Waals surface area contributed by atoms with E-state index in [1.165, 1.54) is 37.6 Å². The molecule has 6 rings (SSSR count). The number of sulfone groups is 1.